The highest BCUT2D eigenvalue weighted by molar-refractivity contribution is 5.89. The summed E-state index contributed by atoms with van der Waals surface area (Å²) in [6.07, 6.45) is 1.81. The highest BCUT2D eigenvalue weighted by atomic mass is 16.2. The van der Waals surface area contributed by atoms with Crippen LogP contribution in [0.5, 0.6) is 0 Å². The Hall–Kier alpha value is -1.06. The van der Waals surface area contributed by atoms with Gasteiger partial charge in [0.05, 0.1) is 0 Å². The maximum atomic E-state index is 12.5. The summed E-state index contributed by atoms with van der Waals surface area (Å²) >= 11 is 0. The summed E-state index contributed by atoms with van der Waals surface area (Å²) in [6.45, 7) is 8.09. The van der Waals surface area contributed by atoms with Crippen molar-refractivity contribution < 1.29 is 9.59 Å². The van der Waals surface area contributed by atoms with E-state index in [1.807, 2.05) is 6.92 Å². The third-order valence-electron chi connectivity index (χ3n) is 4.36. The Morgan fingerprint density at radius 2 is 1.88 bits per heavy atom. The first-order chi connectivity index (χ1) is 7.73. The lowest BCUT2D eigenvalue weighted by Crippen LogP contribution is -2.49. The zero-order valence-corrected chi connectivity index (χ0v) is 11.1. The van der Waals surface area contributed by atoms with E-state index in [2.05, 4.69) is 20.8 Å². The van der Waals surface area contributed by atoms with Gasteiger partial charge in [0.15, 0.2) is 0 Å². The summed E-state index contributed by atoms with van der Waals surface area (Å²) < 4.78 is 0. The van der Waals surface area contributed by atoms with Crippen molar-refractivity contribution in [1.29, 1.82) is 0 Å². The fourth-order valence-electron chi connectivity index (χ4n) is 2.62. The summed E-state index contributed by atoms with van der Waals surface area (Å²) in [4.78, 5) is 25.6. The van der Waals surface area contributed by atoms with Crippen LogP contribution in [-0.4, -0.2) is 28.8 Å². The number of likely N-dealkylation sites (tertiary alicyclic amines) is 1. The van der Waals surface area contributed by atoms with Gasteiger partial charge in [-0.15, -0.1) is 0 Å². The minimum atomic E-state index is -0.365. The van der Waals surface area contributed by atoms with E-state index < -0.39 is 0 Å². The summed E-state index contributed by atoms with van der Waals surface area (Å²) in [5, 5.41) is 0. The molecule has 2 rings (SSSR count). The molecule has 2 aliphatic rings. The standard InChI is InChI=1S/C13H22N2O2/c1-7(13(2,3)4)12(17)15-9-5-8(9)6-10(15)11(14)16/h7-10H,5-6H2,1-4H3,(H2,14,16)/t7?,8-,9?,10-/m0/s1. The van der Waals surface area contributed by atoms with Gasteiger partial charge in [-0.25, -0.2) is 0 Å². The number of hydrogen-bond acceptors (Lipinski definition) is 2. The van der Waals surface area contributed by atoms with E-state index >= 15 is 0 Å². The molecule has 4 atom stereocenters. The summed E-state index contributed by atoms with van der Waals surface area (Å²) in [5.74, 6) is 0.172. The number of hydrogen-bond donors (Lipinski definition) is 1. The molecule has 0 radical (unpaired) electrons. The van der Waals surface area contributed by atoms with Crippen molar-refractivity contribution in [2.45, 2.75) is 52.6 Å². The van der Waals surface area contributed by atoms with Gasteiger partial charge in [0.25, 0.3) is 0 Å². The molecule has 2 amide bonds. The fraction of sp³-hybridized carbons (Fsp3) is 0.846. The molecule has 1 saturated heterocycles. The van der Waals surface area contributed by atoms with E-state index in [0.717, 1.165) is 12.8 Å². The number of fused-ring (bicyclic) bond motifs is 1. The van der Waals surface area contributed by atoms with E-state index in [0.29, 0.717) is 5.92 Å². The van der Waals surface area contributed by atoms with Crippen LogP contribution in [-0.2, 0) is 9.59 Å². The molecule has 1 aliphatic heterocycles. The Labute approximate surface area is 103 Å². The topological polar surface area (TPSA) is 63.4 Å². The maximum absolute atomic E-state index is 12.5. The Balaban J connectivity index is 2.15. The smallest absolute Gasteiger partial charge is 0.240 e. The van der Waals surface area contributed by atoms with Gasteiger partial charge < -0.3 is 10.6 Å². The van der Waals surface area contributed by atoms with Crippen molar-refractivity contribution in [1.82, 2.24) is 4.90 Å². The van der Waals surface area contributed by atoms with Crippen LogP contribution >= 0.6 is 0 Å². The number of amides is 2. The van der Waals surface area contributed by atoms with Gasteiger partial charge in [0.1, 0.15) is 6.04 Å². The number of piperidine rings is 1. The monoisotopic (exact) mass is 238 g/mol. The van der Waals surface area contributed by atoms with Gasteiger partial charge in [0, 0.05) is 12.0 Å². The predicted octanol–water partition coefficient (Wildman–Crippen LogP) is 1.14. The molecule has 4 nitrogen and oxygen atoms in total. The number of carbonyl (C=O) groups is 2. The Morgan fingerprint density at radius 3 is 2.35 bits per heavy atom. The molecule has 0 spiro atoms. The molecular formula is C13H22N2O2. The molecule has 1 heterocycles. The van der Waals surface area contributed by atoms with E-state index in [1.54, 1.807) is 4.90 Å². The minimum absolute atomic E-state index is 0.0771. The number of rotatable bonds is 2. The Kier molecular flexibility index (Phi) is 2.71. The van der Waals surface area contributed by atoms with E-state index in [1.165, 1.54) is 0 Å². The first-order valence-corrected chi connectivity index (χ1v) is 6.35. The molecule has 1 aliphatic carbocycles. The molecule has 4 heteroatoms. The van der Waals surface area contributed by atoms with Gasteiger partial charge in [-0.3, -0.25) is 9.59 Å². The highest BCUT2D eigenvalue weighted by Crippen LogP contribution is 2.49. The minimum Gasteiger partial charge on any atom is -0.368 e. The first-order valence-electron chi connectivity index (χ1n) is 6.35. The zero-order valence-electron chi connectivity index (χ0n) is 11.1. The van der Waals surface area contributed by atoms with Crippen LogP contribution in [0.25, 0.3) is 0 Å². The summed E-state index contributed by atoms with van der Waals surface area (Å²) in [5.41, 5.74) is 5.31. The number of primary amides is 1. The maximum Gasteiger partial charge on any atom is 0.240 e. The number of nitrogens with zero attached hydrogens (tertiary/aromatic N) is 1. The van der Waals surface area contributed by atoms with Crippen molar-refractivity contribution >= 4 is 11.8 Å². The average Bonchev–Trinajstić information content (AvgIpc) is 2.86. The summed E-state index contributed by atoms with van der Waals surface area (Å²) in [6, 6.07) is -0.0825. The molecule has 0 aromatic rings. The molecule has 96 valence electrons. The molecule has 17 heavy (non-hydrogen) atoms. The Bertz CT molecular complexity index is 359. The van der Waals surface area contributed by atoms with Gasteiger partial charge in [-0.1, -0.05) is 27.7 Å². The average molecular weight is 238 g/mol. The second-order valence-electron chi connectivity index (χ2n) is 6.55. The fourth-order valence-corrected chi connectivity index (χ4v) is 2.62. The van der Waals surface area contributed by atoms with E-state index in [-0.39, 0.29) is 35.2 Å². The molecule has 0 aromatic carbocycles. The largest absolute Gasteiger partial charge is 0.368 e. The third-order valence-corrected chi connectivity index (χ3v) is 4.36. The normalized spacial score (nSPS) is 33.2. The molecule has 0 aromatic heterocycles. The third kappa shape index (κ3) is 2.05. The number of nitrogens with two attached hydrogens (primary N) is 1. The number of carbonyl (C=O) groups excluding carboxylic acids is 2. The van der Waals surface area contributed by atoms with Crippen LogP contribution in [0.2, 0.25) is 0 Å². The van der Waals surface area contributed by atoms with Crippen molar-refractivity contribution in [2.75, 3.05) is 0 Å². The van der Waals surface area contributed by atoms with E-state index in [4.69, 9.17) is 5.73 Å². The van der Waals surface area contributed by atoms with Gasteiger partial charge >= 0.3 is 0 Å². The van der Waals surface area contributed by atoms with Gasteiger partial charge in [0.2, 0.25) is 11.8 Å². The van der Waals surface area contributed by atoms with Crippen molar-refractivity contribution in [3.63, 3.8) is 0 Å². The molecular weight excluding hydrogens is 216 g/mol. The lowest BCUT2D eigenvalue weighted by Gasteiger charge is -2.33. The van der Waals surface area contributed by atoms with Crippen LogP contribution in [0.3, 0.4) is 0 Å². The second kappa shape index (κ2) is 3.72. The van der Waals surface area contributed by atoms with Crippen molar-refractivity contribution in [2.24, 2.45) is 23.0 Å². The second-order valence-corrected chi connectivity index (χ2v) is 6.55. The van der Waals surface area contributed by atoms with Crippen molar-refractivity contribution in [3.05, 3.63) is 0 Å². The molecule has 0 bridgehead atoms. The quantitative estimate of drug-likeness (QED) is 0.784. The van der Waals surface area contributed by atoms with E-state index in [9.17, 15) is 9.59 Å². The van der Waals surface area contributed by atoms with Crippen molar-refractivity contribution in [3.8, 4) is 0 Å². The first kappa shape index (κ1) is 12.4. The lowest BCUT2D eigenvalue weighted by molar-refractivity contribution is -0.144. The molecule has 2 N–H and O–H groups in total. The molecule has 2 unspecified atom stereocenters. The van der Waals surface area contributed by atoms with Crippen LogP contribution < -0.4 is 5.73 Å². The summed E-state index contributed by atoms with van der Waals surface area (Å²) in [7, 11) is 0. The van der Waals surface area contributed by atoms with Gasteiger partial charge in [-0.05, 0) is 24.2 Å². The van der Waals surface area contributed by atoms with Crippen LogP contribution in [0.1, 0.15) is 40.5 Å². The zero-order chi connectivity index (χ0) is 13.0. The van der Waals surface area contributed by atoms with Crippen LogP contribution in [0.15, 0.2) is 0 Å². The highest BCUT2D eigenvalue weighted by Gasteiger charge is 2.56. The SMILES string of the molecule is CC(C(=O)N1C2C[C@H]2C[C@H]1C(N)=O)C(C)(C)C. The van der Waals surface area contributed by atoms with Gasteiger partial charge in [-0.2, -0.15) is 0 Å². The molecule has 1 saturated carbocycles. The predicted molar refractivity (Wildman–Crippen MR) is 65.0 cm³/mol. The lowest BCUT2D eigenvalue weighted by atomic mass is 9.81. The molecule has 2 fully saturated rings. The van der Waals surface area contributed by atoms with Crippen LogP contribution in [0, 0.1) is 17.3 Å². The van der Waals surface area contributed by atoms with Crippen LogP contribution in [0.4, 0.5) is 0 Å². The Morgan fingerprint density at radius 1 is 1.29 bits per heavy atom.